The van der Waals surface area contributed by atoms with Crippen LogP contribution >= 0.6 is 0 Å². The smallest absolute Gasteiger partial charge is 0.160 e. The zero-order valence-electron chi connectivity index (χ0n) is 14.0. The largest absolute Gasteiger partial charge is 0.250 e. The van der Waals surface area contributed by atoms with Crippen LogP contribution < -0.4 is 0 Å². The number of nitrogens with zero attached hydrogens (tertiary/aromatic N) is 5. The highest BCUT2D eigenvalue weighted by molar-refractivity contribution is 6.09. The Morgan fingerprint density at radius 1 is 0.739 bits per heavy atom. The number of hydrogen-bond acceptors (Lipinski definition) is 3. The van der Waals surface area contributed by atoms with Gasteiger partial charge in [0.25, 0.3) is 0 Å². The standard InChI is InChI=1S/C18H19N5/c1-10-6-8-13(9-7-10)16-14-11(2)20-22(4)17(14)19-18-15(16)12(3)21-23(18)5/h6-9H,1-5H3. The van der Waals surface area contributed by atoms with Crippen LogP contribution in [0.5, 0.6) is 0 Å². The molecule has 0 aliphatic carbocycles. The molecule has 0 unspecified atom stereocenters. The Bertz CT molecular complexity index is 990. The first-order chi connectivity index (χ1) is 11.0. The predicted molar refractivity (Wildman–Crippen MR) is 92.4 cm³/mol. The number of aromatic nitrogens is 5. The van der Waals surface area contributed by atoms with Gasteiger partial charge in [-0.05, 0) is 26.3 Å². The summed E-state index contributed by atoms with van der Waals surface area (Å²) in [5.74, 6) is 0. The van der Waals surface area contributed by atoms with E-state index in [9.17, 15) is 0 Å². The summed E-state index contributed by atoms with van der Waals surface area (Å²) in [4.78, 5) is 4.82. The normalized spacial score (nSPS) is 11.7. The first kappa shape index (κ1) is 13.9. The van der Waals surface area contributed by atoms with Crippen molar-refractivity contribution < 1.29 is 0 Å². The van der Waals surface area contributed by atoms with Gasteiger partial charge in [-0.3, -0.25) is 9.36 Å². The van der Waals surface area contributed by atoms with Crippen LogP contribution in [0.2, 0.25) is 0 Å². The van der Waals surface area contributed by atoms with Gasteiger partial charge >= 0.3 is 0 Å². The lowest BCUT2D eigenvalue weighted by molar-refractivity contribution is 0.760. The first-order valence-electron chi connectivity index (χ1n) is 7.71. The molecule has 0 saturated carbocycles. The summed E-state index contributed by atoms with van der Waals surface area (Å²) in [5.41, 5.74) is 7.40. The monoisotopic (exact) mass is 305 g/mol. The van der Waals surface area contributed by atoms with Crippen LogP contribution in [0, 0.1) is 20.8 Å². The average Bonchev–Trinajstić information content (AvgIpc) is 2.96. The molecule has 0 N–H and O–H groups in total. The van der Waals surface area contributed by atoms with Crippen molar-refractivity contribution in [3.05, 3.63) is 41.2 Å². The number of hydrogen-bond donors (Lipinski definition) is 0. The minimum absolute atomic E-state index is 0.897. The lowest BCUT2D eigenvalue weighted by Crippen LogP contribution is -1.96. The Morgan fingerprint density at radius 2 is 1.22 bits per heavy atom. The van der Waals surface area contributed by atoms with Crippen LogP contribution in [0.25, 0.3) is 33.2 Å². The van der Waals surface area contributed by atoms with E-state index in [1.807, 2.05) is 37.3 Å². The zero-order chi connectivity index (χ0) is 16.3. The Labute approximate surface area is 134 Å². The van der Waals surface area contributed by atoms with Crippen LogP contribution in [0.1, 0.15) is 17.0 Å². The van der Waals surface area contributed by atoms with Gasteiger partial charge in [0.15, 0.2) is 11.3 Å². The van der Waals surface area contributed by atoms with E-state index in [0.29, 0.717) is 0 Å². The molecule has 5 heteroatoms. The quantitative estimate of drug-likeness (QED) is 0.541. The maximum atomic E-state index is 4.82. The summed E-state index contributed by atoms with van der Waals surface area (Å²) in [6.07, 6.45) is 0. The summed E-state index contributed by atoms with van der Waals surface area (Å²) < 4.78 is 3.70. The van der Waals surface area contributed by atoms with Gasteiger partial charge in [-0.15, -0.1) is 0 Å². The maximum absolute atomic E-state index is 4.82. The molecule has 0 amide bonds. The second-order valence-electron chi connectivity index (χ2n) is 6.17. The van der Waals surface area contributed by atoms with Gasteiger partial charge in [-0.2, -0.15) is 10.2 Å². The molecule has 0 spiro atoms. The van der Waals surface area contributed by atoms with Crippen molar-refractivity contribution in [1.29, 1.82) is 0 Å². The molecule has 3 heterocycles. The van der Waals surface area contributed by atoms with E-state index in [1.165, 1.54) is 16.7 Å². The van der Waals surface area contributed by atoms with Gasteiger partial charge in [0, 0.05) is 19.7 Å². The first-order valence-corrected chi connectivity index (χ1v) is 7.71. The van der Waals surface area contributed by atoms with Crippen molar-refractivity contribution in [2.75, 3.05) is 0 Å². The molecule has 116 valence electrons. The van der Waals surface area contributed by atoms with Crippen LogP contribution in [0.4, 0.5) is 0 Å². The van der Waals surface area contributed by atoms with Crippen molar-refractivity contribution >= 4 is 22.1 Å². The van der Waals surface area contributed by atoms with E-state index in [4.69, 9.17) is 4.98 Å². The average molecular weight is 305 g/mol. The fourth-order valence-electron chi connectivity index (χ4n) is 3.37. The number of pyridine rings is 1. The van der Waals surface area contributed by atoms with E-state index in [1.54, 1.807) is 0 Å². The van der Waals surface area contributed by atoms with Gasteiger partial charge in [0.05, 0.1) is 22.2 Å². The van der Waals surface area contributed by atoms with Gasteiger partial charge < -0.3 is 0 Å². The topological polar surface area (TPSA) is 48.5 Å². The fourth-order valence-corrected chi connectivity index (χ4v) is 3.37. The molecule has 3 aromatic heterocycles. The minimum atomic E-state index is 0.897. The van der Waals surface area contributed by atoms with Crippen LogP contribution in [-0.2, 0) is 14.1 Å². The van der Waals surface area contributed by atoms with E-state index in [-0.39, 0.29) is 0 Å². The number of rotatable bonds is 1. The lowest BCUT2D eigenvalue weighted by Gasteiger charge is -2.08. The summed E-state index contributed by atoms with van der Waals surface area (Å²) in [6, 6.07) is 8.63. The molecule has 1 aromatic carbocycles. The van der Waals surface area contributed by atoms with Gasteiger partial charge in [-0.1, -0.05) is 29.8 Å². The highest BCUT2D eigenvalue weighted by Gasteiger charge is 2.21. The molecule has 4 rings (SSSR count). The Balaban J connectivity index is 2.27. The third-order valence-corrected chi connectivity index (χ3v) is 4.44. The zero-order valence-corrected chi connectivity index (χ0v) is 14.0. The van der Waals surface area contributed by atoms with E-state index < -0.39 is 0 Å². The van der Waals surface area contributed by atoms with E-state index >= 15 is 0 Å². The SMILES string of the molecule is Cc1ccc(-c2c3c(C)nn(C)c3nc3c2c(C)nn3C)cc1. The molecule has 0 aliphatic heterocycles. The van der Waals surface area contributed by atoms with Crippen molar-refractivity contribution in [2.45, 2.75) is 20.8 Å². The van der Waals surface area contributed by atoms with E-state index in [2.05, 4.69) is 41.4 Å². The number of fused-ring (bicyclic) bond motifs is 2. The second-order valence-corrected chi connectivity index (χ2v) is 6.17. The fraction of sp³-hybridized carbons (Fsp3) is 0.278. The Morgan fingerprint density at radius 3 is 1.70 bits per heavy atom. The van der Waals surface area contributed by atoms with Crippen molar-refractivity contribution in [1.82, 2.24) is 24.5 Å². The highest BCUT2D eigenvalue weighted by atomic mass is 15.3. The molecule has 0 atom stereocenters. The van der Waals surface area contributed by atoms with Crippen molar-refractivity contribution in [2.24, 2.45) is 14.1 Å². The molecular formula is C18H19N5. The van der Waals surface area contributed by atoms with Gasteiger partial charge in [0.1, 0.15) is 0 Å². The van der Waals surface area contributed by atoms with Gasteiger partial charge in [0.2, 0.25) is 0 Å². The molecule has 4 aromatic rings. The Kier molecular flexibility index (Phi) is 2.82. The molecule has 0 bridgehead atoms. The molecule has 0 fully saturated rings. The summed E-state index contributed by atoms with van der Waals surface area (Å²) in [5, 5.41) is 11.4. The predicted octanol–water partition coefficient (Wildman–Crippen LogP) is 3.45. The van der Waals surface area contributed by atoms with Crippen LogP contribution in [0.3, 0.4) is 0 Å². The van der Waals surface area contributed by atoms with E-state index in [0.717, 1.165) is 33.5 Å². The van der Waals surface area contributed by atoms with Crippen LogP contribution in [-0.4, -0.2) is 24.5 Å². The lowest BCUT2D eigenvalue weighted by atomic mass is 9.97. The molecule has 5 nitrogen and oxygen atoms in total. The van der Waals surface area contributed by atoms with Crippen molar-refractivity contribution in [3.63, 3.8) is 0 Å². The third-order valence-electron chi connectivity index (χ3n) is 4.44. The molecule has 0 radical (unpaired) electrons. The van der Waals surface area contributed by atoms with Crippen molar-refractivity contribution in [3.8, 4) is 11.1 Å². The maximum Gasteiger partial charge on any atom is 0.160 e. The molecule has 0 aliphatic rings. The molecular weight excluding hydrogens is 286 g/mol. The van der Waals surface area contributed by atoms with Gasteiger partial charge in [-0.25, -0.2) is 4.98 Å². The second kappa shape index (κ2) is 4.65. The molecule has 23 heavy (non-hydrogen) atoms. The third kappa shape index (κ3) is 1.89. The minimum Gasteiger partial charge on any atom is -0.250 e. The Hall–Kier alpha value is -2.69. The van der Waals surface area contributed by atoms with Crippen LogP contribution in [0.15, 0.2) is 24.3 Å². The number of benzene rings is 1. The number of aryl methyl sites for hydroxylation is 5. The summed E-state index contributed by atoms with van der Waals surface area (Å²) >= 11 is 0. The summed E-state index contributed by atoms with van der Waals surface area (Å²) in [7, 11) is 3.88. The summed E-state index contributed by atoms with van der Waals surface area (Å²) in [6.45, 7) is 6.19. The molecule has 0 saturated heterocycles. The highest BCUT2D eigenvalue weighted by Crippen LogP contribution is 2.37.